The van der Waals surface area contributed by atoms with Crippen molar-refractivity contribution in [2.45, 2.75) is 19.3 Å². The predicted molar refractivity (Wildman–Crippen MR) is 297 cm³/mol. The molecule has 4 heterocycles. The second-order valence-electron chi connectivity index (χ2n) is 19.8. The third-order valence-corrected chi connectivity index (χ3v) is 15.3. The first-order valence-electron chi connectivity index (χ1n) is 24.7. The molecule has 72 heavy (non-hydrogen) atoms. The lowest BCUT2D eigenvalue weighted by Gasteiger charge is -2.21. The third-order valence-electron chi connectivity index (χ3n) is 15.3. The predicted octanol–water partition coefficient (Wildman–Crippen LogP) is 17.5. The highest BCUT2D eigenvalue weighted by Crippen LogP contribution is 2.51. The molecular weight excluding hydrogens is 877 g/mol. The van der Waals surface area contributed by atoms with Crippen LogP contribution >= 0.6 is 0 Å². The minimum Gasteiger partial charge on any atom is -0.456 e. The summed E-state index contributed by atoms with van der Waals surface area (Å²) >= 11 is 0. The van der Waals surface area contributed by atoms with E-state index in [4.69, 9.17) is 14.4 Å². The second kappa shape index (κ2) is 15.3. The molecule has 0 saturated carbocycles. The molecule has 0 saturated heterocycles. The fourth-order valence-electron chi connectivity index (χ4n) is 11.8. The molecule has 0 fully saturated rings. The molecule has 5 nitrogen and oxygen atoms in total. The number of furan rings is 1. The lowest BCUT2D eigenvalue weighted by Crippen LogP contribution is -2.14. The van der Waals surface area contributed by atoms with Gasteiger partial charge >= 0.3 is 0 Å². The Hall–Kier alpha value is -9.32. The van der Waals surface area contributed by atoms with Crippen LogP contribution in [0.15, 0.2) is 235 Å². The molecule has 0 bridgehead atoms. The largest absolute Gasteiger partial charge is 0.456 e. The molecule has 14 aromatic rings. The van der Waals surface area contributed by atoms with E-state index in [2.05, 4.69) is 241 Å². The molecule has 1 aliphatic carbocycles. The molecule has 0 unspecified atom stereocenters. The summed E-state index contributed by atoms with van der Waals surface area (Å²) in [6.45, 7) is 4.72. The van der Waals surface area contributed by atoms with Gasteiger partial charge in [-0.1, -0.05) is 159 Å². The molecule has 5 heteroatoms. The highest BCUT2D eigenvalue weighted by atomic mass is 16.3. The van der Waals surface area contributed by atoms with Crippen molar-refractivity contribution in [2.24, 2.45) is 0 Å². The Balaban J connectivity index is 0.872. The van der Waals surface area contributed by atoms with Gasteiger partial charge in [0.2, 0.25) is 0 Å². The van der Waals surface area contributed by atoms with E-state index in [0.717, 1.165) is 83.4 Å². The zero-order valence-electron chi connectivity index (χ0n) is 39.6. The van der Waals surface area contributed by atoms with Crippen molar-refractivity contribution in [3.05, 3.63) is 242 Å². The maximum atomic E-state index is 6.77. The van der Waals surface area contributed by atoms with E-state index in [0.29, 0.717) is 5.82 Å². The molecule has 338 valence electrons. The van der Waals surface area contributed by atoms with Crippen LogP contribution in [0, 0.1) is 0 Å². The van der Waals surface area contributed by atoms with Crippen molar-refractivity contribution >= 4 is 65.6 Å². The van der Waals surface area contributed by atoms with Gasteiger partial charge in [0.1, 0.15) is 11.2 Å². The van der Waals surface area contributed by atoms with E-state index < -0.39 is 0 Å². The maximum Gasteiger partial charge on any atom is 0.160 e. The van der Waals surface area contributed by atoms with E-state index in [1.54, 1.807) is 0 Å². The van der Waals surface area contributed by atoms with E-state index in [9.17, 15) is 0 Å². The normalized spacial score (nSPS) is 13.0. The smallest absolute Gasteiger partial charge is 0.160 e. The summed E-state index contributed by atoms with van der Waals surface area (Å²) in [5.74, 6) is 0.674. The maximum absolute atomic E-state index is 6.77. The average Bonchev–Trinajstić information content (AvgIpc) is 4.14. The van der Waals surface area contributed by atoms with Gasteiger partial charge < -0.3 is 13.6 Å². The number of nitrogens with zero attached hydrogens (tertiary/aromatic N) is 4. The van der Waals surface area contributed by atoms with E-state index >= 15 is 0 Å². The third kappa shape index (κ3) is 6.07. The monoisotopic (exact) mass is 920 g/mol. The number of para-hydroxylation sites is 2. The van der Waals surface area contributed by atoms with Crippen molar-refractivity contribution in [3.63, 3.8) is 0 Å². The van der Waals surface area contributed by atoms with Crippen LogP contribution in [0.4, 0.5) is 0 Å². The SMILES string of the molecule is CC1(C)c2ccccc2-c2cc3c4cc(-c5ccc6oc7cc8c(cc7c6c5)c5ccccc5n8-c5cccc(-c6nc(-c7ccccc7)cc(-c7ccccc7)n6)c5)ccc4n(-c4ccccc4)c3cc21. The molecule has 0 spiro atoms. The summed E-state index contributed by atoms with van der Waals surface area (Å²) in [7, 11) is 0. The minimum atomic E-state index is -0.100. The van der Waals surface area contributed by atoms with E-state index in [-0.39, 0.29) is 5.41 Å². The molecule has 0 radical (unpaired) electrons. The zero-order valence-corrected chi connectivity index (χ0v) is 39.6. The van der Waals surface area contributed by atoms with Crippen LogP contribution < -0.4 is 0 Å². The first-order chi connectivity index (χ1) is 35.4. The molecule has 0 atom stereocenters. The van der Waals surface area contributed by atoms with Crippen LogP contribution in [-0.4, -0.2) is 19.1 Å². The zero-order chi connectivity index (χ0) is 47.7. The molecule has 15 rings (SSSR count). The summed E-state index contributed by atoms with van der Waals surface area (Å²) < 4.78 is 11.6. The quantitative estimate of drug-likeness (QED) is 0.167. The summed E-state index contributed by atoms with van der Waals surface area (Å²) in [6.07, 6.45) is 0. The van der Waals surface area contributed by atoms with Gasteiger partial charge in [0, 0.05) is 71.9 Å². The molecular formula is C67H44N4O. The van der Waals surface area contributed by atoms with Gasteiger partial charge in [0.25, 0.3) is 0 Å². The van der Waals surface area contributed by atoms with Gasteiger partial charge in [-0.25, -0.2) is 9.97 Å². The van der Waals surface area contributed by atoms with E-state index in [1.165, 1.54) is 55.0 Å². The second-order valence-corrected chi connectivity index (χ2v) is 19.8. The number of hydrogen-bond donors (Lipinski definition) is 0. The summed E-state index contributed by atoms with van der Waals surface area (Å²) in [5.41, 5.74) is 20.9. The van der Waals surface area contributed by atoms with Crippen LogP contribution in [-0.2, 0) is 5.41 Å². The van der Waals surface area contributed by atoms with Crippen molar-refractivity contribution < 1.29 is 4.42 Å². The van der Waals surface area contributed by atoms with Crippen molar-refractivity contribution in [2.75, 3.05) is 0 Å². The summed E-state index contributed by atoms with van der Waals surface area (Å²) in [5, 5.41) is 7.02. The Morgan fingerprint density at radius 1 is 0.333 bits per heavy atom. The fourth-order valence-corrected chi connectivity index (χ4v) is 11.8. The van der Waals surface area contributed by atoms with Gasteiger partial charge in [0.15, 0.2) is 5.82 Å². The highest BCUT2D eigenvalue weighted by molar-refractivity contribution is 6.18. The van der Waals surface area contributed by atoms with Crippen LogP contribution in [0.1, 0.15) is 25.0 Å². The van der Waals surface area contributed by atoms with Crippen molar-refractivity contribution in [3.8, 4) is 67.5 Å². The van der Waals surface area contributed by atoms with Crippen LogP contribution in [0.25, 0.3) is 133 Å². The Morgan fingerprint density at radius 2 is 0.903 bits per heavy atom. The van der Waals surface area contributed by atoms with Crippen LogP contribution in [0.5, 0.6) is 0 Å². The Morgan fingerprint density at radius 3 is 1.68 bits per heavy atom. The molecule has 0 amide bonds. The topological polar surface area (TPSA) is 48.8 Å². The van der Waals surface area contributed by atoms with Gasteiger partial charge in [-0.05, 0) is 112 Å². The van der Waals surface area contributed by atoms with Crippen LogP contribution in [0.2, 0.25) is 0 Å². The lowest BCUT2D eigenvalue weighted by molar-refractivity contribution is 0.661. The molecule has 4 aromatic heterocycles. The number of benzene rings is 10. The standard InChI is InChI=1S/C67H44N4O/c1-67(2)56-27-14-12-25-48(56)50-36-53-51-34-43(29-31-61(51)70(62(53)38-57(50)67)46-22-10-5-11-23-46)44-30-32-64-54(35-44)55-37-52-49-26-13-15-28-60(49)71(63(52)40-65(55)72-64)47-24-16-21-45(33-47)66-68-58(41-17-6-3-7-18-41)39-59(69-66)42-19-8-4-9-20-42/h3-40H,1-2H3. The van der Waals surface area contributed by atoms with Gasteiger partial charge in [-0.15, -0.1) is 0 Å². The lowest BCUT2D eigenvalue weighted by atomic mass is 9.82. The molecule has 0 N–H and O–H groups in total. The first kappa shape index (κ1) is 40.6. The van der Waals surface area contributed by atoms with Gasteiger partial charge in [-0.2, -0.15) is 0 Å². The van der Waals surface area contributed by atoms with Gasteiger partial charge in [0.05, 0.1) is 33.5 Å². The minimum absolute atomic E-state index is 0.100. The Labute approximate surface area is 415 Å². The first-order valence-corrected chi connectivity index (χ1v) is 24.7. The van der Waals surface area contributed by atoms with Gasteiger partial charge in [-0.3, -0.25) is 0 Å². The van der Waals surface area contributed by atoms with Crippen LogP contribution in [0.3, 0.4) is 0 Å². The highest BCUT2D eigenvalue weighted by Gasteiger charge is 2.36. The average molecular weight is 921 g/mol. The van der Waals surface area contributed by atoms with Crippen molar-refractivity contribution in [1.29, 1.82) is 0 Å². The Bertz CT molecular complexity index is 4460. The summed E-state index contributed by atoms with van der Waals surface area (Å²) in [6, 6.07) is 82.9. The number of rotatable bonds is 6. The van der Waals surface area contributed by atoms with Crippen molar-refractivity contribution in [1.82, 2.24) is 19.1 Å². The number of aromatic nitrogens is 4. The molecule has 10 aromatic carbocycles. The number of fused-ring (bicyclic) bond motifs is 12. The number of hydrogen-bond acceptors (Lipinski definition) is 3. The fraction of sp³-hybridized carbons (Fsp3) is 0.0448. The summed E-state index contributed by atoms with van der Waals surface area (Å²) in [4.78, 5) is 10.3. The Kier molecular flexibility index (Phi) is 8.64. The molecule has 0 aliphatic heterocycles. The van der Waals surface area contributed by atoms with E-state index in [1.807, 2.05) is 12.1 Å². The molecule has 1 aliphatic rings.